The van der Waals surface area contributed by atoms with Gasteiger partial charge in [-0.15, -0.1) is 0 Å². The second-order valence-corrected chi connectivity index (χ2v) is 21.3. The van der Waals surface area contributed by atoms with E-state index in [1.807, 2.05) is 0 Å². The Kier molecular flexibility index (Phi) is 22.0. The monoisotopic (exact) mass is 717 g/mol. The highest BCUT2D eigenvalue weighted by Gasteiger charge is 2.58. The van der Waals surface area contributed by atoms with Gasteiger partial charge in [-0.1, -0.05) is 53.4 Å². The Hall–Kier alpha value is 0.114. The standard InChI is InChI=1S/C20H42N2O2Si.C18H42N2O2Si/c1-5-17-21(19-13-9-10-14-19)25(23-7-3,24-8-4)22(18-6-2)20-15-11-12-16-20;1-11-15-19(17(5,6)7)23(21-13-3,22-14-4)20(16-12-2)18(8,9)10/h19-20H,5-18H2,1-4H3;11-16H2,1-10H3. The van der Waals surface area contributed by atoms with Crippen LogP contribution in [0, 0.1) is 0 Å². The fraction of sp³-hybridized carbons (Fsp3) is 1.00. The van der Waals surface area contributed by atoms with E-state index in [0.717, 1.165) is 52.2 Å². The van der Waals surface area contributed by atoms with E-state index in [1.165, 1.54) is 64.2 Å². The quantitative estimate of drug-likeness (QED) is 0.103. The van der Waals surface area contributed by atoms with E-state index < -0.39 is 17.8 Å². The molecule has 0 aromatic carbocycles. The molecule has 0 saturated heterocycles. The van der Waals surface area contributed by atoms with Crippen LogP contribution in [0.1, 0.15) is 174 Å². The normalized spacial score (nSPS) is 17.4. The van der Waals surface area contributed by atoms with Crippen LogP contribution in [0.25, 0.3) is 0 Å². The molecule has 0 atom stereocenters. The summed E-state index contributed by atoms with van der Waals surface area (Å²) in [6, 6.07) is 1.32. The molecular formula is C38H84N4O4Si2. The van der Waals surface area contributed by atoms with E-state index in [4.69, 9.17) is 17.7 Å². The molecule has 10 heteroatoms. The molecule has 0 bridgehead atoms. The molecule has 2 aliphatic rings. The van der Waals surface area contributed by atoms with E-state index in [9.17, 15) is 0 Å². The molecule has 0 radical (unpaired) electrons. The molecule has 2 saturated carbocycles. The Bertz CT molecular complexity index is 747. The van der Waals surface area contributed by atoms with Gasteiger partial charge in [-0.05, 0) is 147 Å². The molecule has 0 unspecified atom stereocenters. The minimum Gasteiger partial charge on any atom is -0.371 e. The zero-order chi connectivity index (χ0) is 36.4. The van der Waals surface area contributed by atoms with Crippen LogP contribution in [0.3, 0.4) is 0 Å². The molecule has 0 amide bonds. The molecule has 2 rings (SSSR count). The minimum atomic E-state index is -2.70. The number of hydrogen-bond acceptors (Lipinski definition) is 8. The smallest absolute Gasteiger partial charge is 0.371 e. The van der Waals surface area contributed by atoms with Crippen molar-refractivity contribution < 1.29 is 17.7 Å². The Morgan fingerprint density at radius 1 is 0.438 bits per heavy atom. The molecule has 0 N–H and O–H groups in total. The minimum absolute atomic E-state index is 0.00378. The number of nitrogens with zero attached hydrogens (tertiary/aromatic N) is 4. The molecule has 48 heavy (non-hydrogen) atoms. The predicted molar refractivity (Wildman–Crippen MR) is 210 cm³/mol. The molecule has 2 fully saturated rings. The summed E-state index contributed by atoms with van der Waals surface area (Å²) in [5, 5.41) is 0. The average Bonchev–Trinajstić information content (AvgIpc) is 3.75. The van der Waals surface area contributed by atoms with Crippen LogP contribution in [0.2, 0.25) is 0 Å². The van der Waals surface area contributed by atoms with Crippen molar-refractivity contribution in [2.75, 3.05) is 52.6 Å². The van der Waals surface area contributed by atoms with Gasteiger partial charge < -0.3 is 17.7 Å². The van der Waals surface area contributed by atoms with E-state index in [2.05, 4.69) is 115 Å². The zero-order valence-electron chi connectivity index (χ0n) is 34.7. The summed E-state index contributed by atoms with van der Waals surface area (Å²) in [7, 11) is -5.26. The van der Waals surface area contributed by atoms with Crippen LogP contribution in [0.15, 0.2) is 0 Å². The summed E-state index contributed by atoms with van der Waals surface area (Å²) in [6.07, 6.45) is 15.3. The van der Waals surface area contributed by atoms with Gasteiger partial charge in [0.1, 0.15) is 0 Å². The first-order valence-electron chi connectivity index (χ1n) is 20.4. The van der Waals surface area contributed by atoms with Crippen molar-refractivity contribution in [2.45, 2.75) is 197 Å². The van der Waals surface area contributed by atoms with Gasteiger partial charge >= 0.3 is 17.8 Å². The Labute approximate surface area is 302 Å². The molecule has 0 spiro atoms. The first kappa shape index (κ1) is 46.1. The van der Waals surface area contributed by atoms with E-state index in [1.54, 1.807) is 0 Å². The first-order chi connectivity index (χ1) is 22.7. The van der Waals surface area contributed by atoms with Gasteiger partial charge in [0, 0.05) is 49.6 Å². The first-order valence-corrected chi connectivity index (χ1v) is 23.8. The van der Waals surface area contributed by atoms with Crippen molar-refractivity contribution in [2.24, 2.45) is 0 Å². The lowest BCUT2D eigenvalue weighted by molar-refractivity contribution is 0.00560. The van der Waals surface area contributed by atoms with Crippen LogP contribution in [-0.2, 0) is 17.7 Å². The van der Waals surface area contributed by atoms with Gasteiger partial charge in [0.25, 0.3) is 0 Å². The lowest BCUT2D eigenvalue weighted by atomic mass is 10.1. The molecule has 0 aromatic heterocycles. The van der Waals surface area contributed by atoms with Gasteiger partial charge in [-0.2, -0.15) is 0 Å². The fourth-order valence-electron chi connectivity index (χ4n) is 8.06. The van der Waals surface area contributed by atoms with Crippen molar-refractivity contribution in [3.63, 3.8) is 0 Å². The van der Waals surface area contributed by atoms with Gasteiger partial charge in [-0.3, -0.25) is 18.3 Å². The lowest BCUT2D eigenvalue weighted by Gasteiger charge is -2.54. The summed E-state index contributed by atoms with van der Waals surface area (Å²) in [4.78, 5) is 0. The second-order valence-electron chi connectivity index (χ2n) is 15.7. The van der Waals surface area contributed by atoms with Crippen LogP contribution < -0.4 is 0 Å². The SMILES string of the molecule is CCCN(C(C)(C)C)[Si](OCC)(OCC)N(CCC)C(C)(C)C.CCCN(C1CCCC1)[Si](OCC)(OCC)N(CCC)C1CCCC1. The summed E-state index contributed by atoms with van der Waals surface area (Å²) < 4.78 is 36.9. The molecule has 8 nitrogen and oxygen atoms in total. The summed E-state index contributed by atoms with van der Waals surface area (Å²) >= 11 is 0. The predicted octanol–water partition coefficient (Wildman–Crippen LogP) is 9.32. The van der Waals surface area contributed by atoms with Crippen molar-refractivity contribution >= 4 is 17.8 Å². The van der Waals surface area contributed by atoms with Crippen molar-refractivity contribution in [3.8, 4) is 0 Å². The maximum Gasteiger partial charge on any atom is 0.523 e. The summed E-state index contributed by atoms with van der Waals surface area (Å²) in [5.74, 6) is 0. The van der Waals surface area contributed by atoms with Crippen LogP contribution in [-0.4, -0.2) is 112 Å². The van der Waals surface area contributed by atoms with Crippen LogP contribution in [0.4, 0.5) is 0 Å². The Balaban J connectivity index is 0.000000483. The van der Waals surface area contributed by atoms with Crippen molar-refractivity contribution in [1.29, 1.82) is 0 Å². The van der Waals surface area contributed by atoms with E-state index >= 15 is 0 Å². The van der Waals surface area contributed by atoms with Crippen LogP contribution in [0.5, 0.6) is 0 Å². The summed E-state index contributed by atoms with van der Waals surface area (Å²) in [6.45, 7) is 38.3. The van der Waals surface area contributed by atoms with Gasteiger partial charge in [-0.25, -0.2) is 0 Å². The van der Waals surface area contributed by atoms with E-state index in [0.29, 0.717) is 25.3 Å². The molecule has 0 heterocycles. The number of rotatable bonds is 22. The zero-order valence-corrected chi connectivity index (χ0v) is 36.7. The maximum atomic E-state index is 6.69. The molecule has 0 aliphatic heterocycles. The van der Waals surface area contributed by atoms with Gasteiger partial charge in [0.15, 0.2) is 0 Å². The third-order valence-electron chi connectivity index (χ3n) is 9.71. The fourth-order valence-corrected chi connectivity index (χ4v) is 16.8. The highest BCUT2D eigenvalue weighted by molar-refractivity contribution is 6.62. The molecule has 288 valence electrons. The molecular weight excluding hydrogens is 633 g/mol. The Morgan fingerprint density at radius 3 is 0.938 bits per heavy atom. The molecule has 2 aliphatic carbocycles. The third-order valence-corrected chi connectivity index (χ3v) is 18.2. The van der Waals surface area contributed by atoms with Gasteiger partial charge in [0.05, 0.1) is 0 Å². The third kappa shape index (κ3) is 12.7. The maximum absolute atomic E-state index is 6.69. The molecule has 0 aromatic rings. The lowest BCUT2D eigenvalue weighted by Crippen LogP contribution is -2.77. The van der Waals surface area contributed by atoms with Crippen LogP contribution >= 0.6 is 0 Å². The highest BCUT2D eigenvalue weighted by atomic mass is 28.4. The average molecular weight is 717 g/mol. The largest absolute Gasteiger partial charge is 0.523 e. The van der Waals surface area contributed by atoms with Crippen molar-refractivity contribution in [1.82, 2.24) is 18.3 Å². The number of hydrogen-bond donors (Lipinski definition) is 0. The van der Waals surface area contributed by atoms with Crippen molar-refractivity contribution in [3.05, 3.63) is 0 Å². The topological polar surface area (TPSA) is 49.9 Å². The Morgan fingerprint density at radius 2 is 0.708 bits per heavy atom. The van der Waals surface area contributed by atoms with E-state index in [-0.39, 0.29) is 11.1 Å². The highest BCUT2D eigenvalue weighted by Crippen LogP contribution is 2.36. The summed E-state index contributed by atoms with van der Waals surface area (Å²) in [5.41, 5.74) is 0.00757. The second kappa shape index (κ2) is 22.9. The van der Waals surface area contributed by atoms with Gasteiger partial charge in [0.2, 0.25) is 0 Å².